The minimum Gasteiger partial charge on any atom is -0.489 e. The summed E-state index contributed by atoms with van der Waals surface area (Å²) in [6, 6.07) is 11.9. The topological polar surface area (TPSA) is 79.9 Å². The van der Waals surface area contributed by atoms with Crippen LogP contribution >= 0.6 is 11.8 Å². The van der Waals surface area contributed by atoms with E-state index in [1.165, 1.54) is 0 Å². The van der Waals surface area contributed by atoms with Gasteiger partial charge in [-0.25, -0.2) is 0 Å². The molecule has 3 aromatic rings. The van der Waals surface area contributed by atoms with E-state index in [0.29, 0.717) is 18.2 Å². The molecule has 2 aromatic heterocycles. The zero-order chi connectivity index (χ0) is 17.9. The van der Waals surface area contributed by atoms with Crippen molar-refractivity contribution in [3.05, 3.63) is 71.2 Å². The summed E-state index contributed by atoms with van der Waals surface area (Å²) < 4.78 is 5.92. The molecule has 1 atom stereocenters. The smallest absolute Gasteiger partial charge is 0.235 e. The van der Waals surface area contributed by atoms with E-state index in [0.717, 1.165) is 28.1 Å². The molecule has 0 bridgehead atoms. The molecule has 0 unspecified atom stereocenters. The Balaban J connectivity index is 1.60. The van der Waals surface area contributed by atoms with Gasteiger partial charge in [0.1, 0.15) is 12.4 Å². The van der Waals surface area contributed by atoms with Gasteiger partial charge in [0, 0.05) is 29.2 Å². The monoisotopic (exact) mass is 366 g/mol. The summed E-state index contributed by atoms with van der Waals surface area (Å²) in [7, 11) is 0. The van der Waals surface area contributed by atoms with E-state index in [4.69, 9.17) is 4.74 Å². The minimum absolute atomic E-state index is 0.0182. The zero-order valence-electron chi connectivity index (χ0n) is 14.2. The van der Waals surface area contributed by atoms with Gasteiger partial charge in [-0.05, 0) is 30.7 Å². The third-order valence-electron chi connectivity index (χ3n) is 4.18. The number of rotatable bonds is 4. The van der Waals surface area contributed by atoms with Crippen LogP contribution in [0.2, 0.25) is 0 Å². The SMILES string of the molecule is Cc1[nH]nc2c1[C@@H](c1cccc(OCc3cccnc3)c1)SCC(=O)N2. The maximum absolute atomic E-state index is 11.9. The summed E-state index contributed by atoms with van der Waals surface area (Å²) >= 11 is 1.59. The van der Waals surface area contributed by atoms with Crippen molar-refractivity contribution >= 4 is 23.5 Å². The fraction of sp³-hybridized carbons (Fsp3) is 0.211. The Morgan fingerprint density at radius 2 is 2.23 bits per heavy atom. The maximum atomic E-state index is 11.9. The predicted molar refractivity (Wildman–Crippen MR) is 101 cm³/mol. The highest BCUT2D eigenvalue weighted by Gasteiger charge is 2.28. The number of aromatic nitrogens is 3. The molecule has 1 aromatic carbocycles. The van der Waals surface area contributed by atoms with Crippen LogP contribution in [0.3, 0.4) is 0 Å². The van der Waals surface area contributed by atoms with Gasteiger partial charge >= 0.3 is 0 Å². The molecule has 7 heteroatoms. The Hall–Kier alpha value is -2.80. The number of pyridine rings is 1. The lowest BCUT2D eigenvalue weighted by Gasteiger charge is -2.16. The van der Waals surface area contributed by atoms with E-state index in [1.807, 2.05) is 37.3 Å². The number of fused-ring (bicyclic) bond motifs is 1. The van der Waals surface area contributed by atoms with Crippen LogP contribution in [0.1, 0.15) is 27.6 Å². The van der Waals surface area contributed by atoms with Crippen molar-refractivity contribution in [1.29, 1.82) is 0 Å². The van der Waals surface area contributed by atoms with Crippen LogP contribution in [0.15, 0.2) is 48.8 Å². The Labute approximate surface area is 155 Å². The fourth-order valence-corrected chi connectivity index (χ4v) is 4.13. The number of aryl methyl sites for hydroxylation is 1. The lowest BCUT2D eigenvalue weighted by molar-refractivity contribution is -0.113. The van der Waals surface area contributed by atoms with Crippen molar-refractivity contribution in [3.8, 4) is 5.75 Å². The molecule has 0 saturated carbocycles. The van der Waals surface area contributed by atoms with Gasteiger partial charge in [0.15, 0.2) is 5.82 Å². The van der Waals surface area contributed by atoms with Gasteiger partial charge in [0.25, 0.3) is 0 Å². The number of H-pyrrole nitrogens is 1. The van der Waals surface area contributed by atoms with E-state index in [2.05, 4.69) is 26.6 Å². The molecule has 0 aliphatic carbocycles. The molecular weight excluding hydrogens is 348 g/mol. The molecule has 6 nitrogen and oxygen atoms in total. The molecule has 4 rings (SSSR count). The van der Waals surface area contributed by atoms with Crippen molar-refractivity contribution in [2.24, 2.45) is 0 Å². The molecule has 2 N–H and O–H groups in total. The molecule has 3 heterocycles. The molecule has 0 radical (unpaired) electrons. The molecule has 0 fully saturated rings. The lowest BCUT2D eigenvalue weighted by Crippen LogP contribution is -2.12. The minimum atomic E-state index is -0.0331. The van der Waals surface area contributed by atoms with Crippen LogP contribution < -0.4 is 10.1 Å². The third kappa shape index (κ3) is 3.43. The number of benzene rings is 1. The van der Waals surface area contributed by atoms with Crippen LogP contribution in [0, 0.1) is 6.92 Å². The van der Waals surface area contributed by atoms with E-state index >= 15 is 0 Å². The highest BCUT2D eigenvalue weighted by Crippen LogP contribution is 2.42. The summed E-state index contributed by atoms with van der Waals surface area (Å²) in [6.45, 7) is 2.44. The average molecular weight is 366 g/mol. The van der Waals surface area contributed by atoms with Crippen LogP contribution in [0.25, 0.3) is 0 Å². The van der Waals surface area contributed by atoms with E-state index in [1.54, 1.807) is 24.2 Å². The number of thioether (sulfide) groups is 1. The molecule has 0 saturated heterocycles. The summed E-state index contributed by atoms with van der Waals surface area (Å²) in [4.78, 5) is 16.0. The molecular formula is C19H18N4O2S. The zero-order valence-corrected chi connectivity index (χ0v) is 15.0. The average Bonchev–Trinajstić information content (AvgIpc) is 2.92. The Bertz CT molecular complexity index is 926. The largest absolute Gasteiger partial charge is 0.489 e. The van der Waals surface area contributed by atoms with Crippen LogP contribution in [0.4, 0.5) is 5.82 Å². The van der Waals surface area contributed by atoms with Gasteiger partial charge in [-0.2, -0.15) is 5.10 Å². The van der Waals surface area contributed by atoms with Crippen molar-refractivity contribution in [3.63, 3.8) is 0 Å². The number of anilines is 1. The van der Waals surface area contributed by atoms with Gasteiger partial charge in [0.2, 0.25) is 5.91 Å². The Kier molecular flexibility index (Phi) is 4.62. The molecule has 1 amide bonds. The first-order valence-corrected chi connectivity index (χ1v) is 9.33. The van der Waals surface area contributed by atoms with Gasteiger partial charge in [0.05, 0.1) is 11.0 Å². The van der Waals surface area contributed by atoms with Crippen LogP contribution in [-0.4, -0.2) is 26.8 Å². The number of carbonyl (C=O) groups is 1. The molecule has 0 spiro atoms. The number of hydrogen-bond donors (Lipinski definition) is 2. The van der Waals surface area contributed by atoms with E-state index in [9.17, 15) is 4.79 Å². The Morgan fingerprint density at radius 1 is 1.31 bits per heavy atom. The standard InChI is InChI=1S/C19H18N4O2S/c1-12-17-18(26-11-16(24)21-19(17)23-22-12)14-5-2-6-15(8-14)25-10-13-4-3-7-20-9-13/h2-9,18H,10-11H2,1H3,(H2,21,22,23,24)/t18-/m1/s1. The van der Waals surface area contributed by atoms with Crippen LogP contribution in [-0.2, 0) is 11.4 Å². The number of amides is 1. The Morgan fingerprint density at radius 3 is 3.08 bits per heavy atom. The normalized spacial score (nSPS) is 16.5. The first-order chi connectivity index (χ1) is 12.7. The highest BCUT2D eigenvalue weighted by molar-refractivity contribution is 8.00. The quantitative estimate of drug-likeness (QED) is 0.739. The van der Waals surface area contributed by atoms with Crippen LogP contribution in [0.5, 0.6) is 5.75 Å². The molecule has 26 heavy (non-hydrogen) atoms. The van der Waals surface area contributed by atoms with E-state index in [-0.39, 0.29) is 11.2 Å². The van der Waals surface area contributed by atoms with Crippen molar-refractivity contribution in [2.45, 2.75) is 18.8 Å². The fourth-order valence-electron chi connectivity index (χ4n) is 2.94. The number of ether oxygens (including phenoxy) is 1. The second-order valence-electron chi connectivity index (χ2n) is 6.07. The highest BCUT2D eigenvalue weighted by atomic mass is 32.2. The van der Waals surface area contributed by atoms with Gasteiger partial charge in [-0.15, -0.1) is 11.8 Å². The lowest BCUT2D eigenvalue weighted by atomic mass is 10.0. The predicted octanol–water partition coefficient (Wildman–Crippen LogP) is 3.47. The first-order valence-electron chi connectivity index (χ1n) is 8.28. The molecule has 132 valence electrons. The van der Waals surface area contributed by atoms with Gasteiger partial charge in [-0.1, -0.05) is 18.2 Å². The number of nitrogens with zero attached hydrogens (tertiary/aromatic N) is 2. The summed E-state index contributed by atoms with van der Waals surface area (Å²) in [5.74, 6) is 1.76. The second-order valence-corrected chi connectivity index (χ2v) is 7.17. The van der Waals surface area contributed by atoms with E-state index < -0.39 is 0 Å². The van der Waals surface area contributed by atoms with Gasteiger partial charge in [-0.3, -0.25) is 14.9 Å². The van der Waals surface area contributed by atoms with Crippen molar-refractivity contribution in [2.75, 3.05) is 11.1 Å². The van der Waals surface area contributed by atoms with Crippen molar-refractivity contribution in [1.82, 2.24) is 15.2 Å². The number of carbonyl (C=O) groups excluding carboxylic acids is 1. The second kappa shape index (κ2) is 7.21. The van der Waals surface area contributed by atoms with Crippen molar-refractivity contribution < 1.29 is 9.53 Å². The third-order valence-corrected chi connectivity index (χ3v) is 5.45. The number of aromatic amines is 1. The number of hydrogen-bond acceptors (Lipinski definition) is 5. The molecule has 1 aliphatic heterocycles. The number of nitrogens with one attached hydrogen (secondary N) is 2. The van der Waals surface area contributed by atoms with Gasteiger partial charge < -0.3 is 10.1 Å². The first kappa shape index (κ1) is 16.7. The molecule has 1 aliphatic rings. The maximum Gasteiger partial charge on any atom is 0.235 e. The summed E-state index contributed by atoms with van der Waals surface area (Å²) in [5.41, 5.74) is 4.08. The summed E-state index contributed by atoms with van der Waals surface area (Å²) in [5, 5.41) is 10.1. The summed E-state index contributed by atoms with van der Waals surface area (Å²) in [6.07, 6.45) is 3.54.